The average molecular weight is 172 g/mol. The number of carbonyl (C=O) groups excluding carboxylic acids is 1. The second-order valence-electron chi connectivity index (χ2n) is 3.26. The molecule has 70 valence electrons. The summed E-state index contributed by atoms with van der Waals surface area (Å²) in [6.07, 6.45) is 0.843. The van der Waals surface area contributed by atoms with E-state index in [9.17, 15) is 4.79 Å². The van der Waals surface area contributed by atoms with Crippen molar-refractivity contribution in [2.45, 2.75) is 12.5 Å². The van der Waals surface area contributed by atoms with Crippen molar-refractivity contribution in [3.05, 3.63) is 0 Å². The van der Waals surface area contributed by atoms with Gasteiger partial charge < -0.3 is 15.4 Å². The molecule has 0 aromatic rings. The molecule has 1 amide bonds. The van der Waals surface area contributed by atoms with Crippen LogP contribution in [0.5, 0.6) is 0 Å². The molecule has 0 bridgehead atoms. The minimum Gasteiger partial charge on any atom is -0.383 e. The Kier molecular flexibility index (Phi) is 3.05. The number of rotatable bonds is 4. The van der Waals surface area contributed by atoms with Gasteiger partial charge >= 0.3 is 0 Å². The Balaban J connectivity index is 2.22. The van der Waals surface area contributed by atoms with Gasteiger partial charge in [-0.25, -0.2) is 0 Å². The molecule has 1 saturated carbocycles. The molecule has 1 aliphatic rings. The molecule has 2 unspecified atom stereocenters. The first-order valence-electron chi connectivity index (χ1n) is 4.16. The number of methoxy groups -OCH3 is 1. The molecule has 0 aromatic carbocycles. The van der Waals surface area contributed by atoms with Gasteiger partial charge in [0.25, 0.3) is 0 Å². The van der Waals surface area contributed by atoms with Gasteiger partial charge in [0.2, 0.25) is 5.91 Å². The molecule has 4 nitrogen and oxygen atoms in total. The third-order valence-electron chi connectivity index (χ3n) is 2.16. The summed E-state index contributed by atoms with van der Waals surface area (Å²) in [6, 6.07) is 0.0995. The van der Waals surface area contributed by atoms with E-state index >= 15 is 0 Å². The first kappa shape index (κ1) is 9.48. The maximum Gasteiger partial charge on any atom is 0.227 e. The highest BCUT2D eigenvalue weighted by molar-refractivity contribution is 5.82. The van der Waals surface area contributed by atoms with Gasteiger partial charge in [0.1, 0.15) is 0 Å². The summed E-state index contributed by atoms with van der Waals surface area (Å²) >= 11 is 0. The fraction of sp³-hybridized carbons (Fsp3) is 0.875. The van der Waals surface area contributed by atoms with Gasteiger partial charge in [0.15, 0.2) is 0 Å². The van der Waals surface area contributed by atoms with E-state index in [1.807, 2.05) is 0 Å². The van der Waals surface area contributed by atoms with Crippen LogP contribution < -0.4 is 5.73 Å². The Morgan fingerprint density at radius 1 is 1.75 bits per heavy atom. The van der Waals surface area contributed by atoms with E-state index in [2.05, 4.69) is 0 Å². The molecule has 4 heteroatoms. The van der Waals surface area contributed by atoms with E-state index < -0.39 is 0 Å². The topological polar surface area (TPSA) is 55.6 Å². The Bertz CT molecular complexity index is 172. The summed E-state index contributed by atoms with van der Waals surface area (Å²) in [5.74, 6) is 0.228. The summed E-state index contributed by atoms with van der Waals surface area (Å²) < 4.78 is 4.86. The fourth-order valence-corrected chi connectivity index (χ4v) is 1.12. The molecular formula is C8H16N2O2. The summed E-state index contributed by atoms with van der Waals surface area (Å²) in [7, 11) is 3.41. The number of nitrogens with two attached hydrogens (primary N) is 1. The Labute approximate surface area is 72.7 Å². The number of amides is 1. The first-order valence-corrected chi connectivity index (χ1v) is 4.16. The van der Waals surface area contributed by atoms with Crippen molar-refractivity contribution in [3.8, 4) is 0 Å². The van der Waals surface area contributed by atoms with Crippen LogP contribution in [-0.4, -0.2) is 44.2 Å². The quantitative estimate of drug-likeness (QED) is 0.618. The highest BCUT2D eigenvalue weighted by Gasteiger charge is 2.41. The minimum absolute atomic E-state index is 0.0758. The highest BCUT2D eigenvalue weighted by atomic mass is 16.5. The van der Waals surface area contributed by atoms with E-state index in [4.69, 9.17) is 10.5 Å². The third kappa shape index (κ3) is 2.19. The Morgan fingerprint density at radius 2 is 2.33 bits per heavy atom. The van der Waals surface area contributed by atoms with Crippen molar-refractivity contribution in [2.75, 3.05) is 27.3 Å². The smallest absolute Gasteiger partial charge is 0.227 e. The van der Waals surface area contributed by atoms with Crippen LogP contribution in [-0.2, 0) is 9.53 Å². The lowest BCUT2D eigenvalue weighted by molar-refractivity contribution is -0.131. The van der Waals surface area contributed by atoms with Gasteiger partial charge in [-0.2, -0.15) is 0 Å². The van der Waals surface area contributed by atoms with Crippen LogP contribution >= 0.6 is 0 Å². The van der Waals surface area contributed by atoms with Crippen LogP contribution in [0.15, 0.2) is 0 Å². The van der Waals surface area contributed by atoms with Gasteiger partial charge in [-0.1, -0.05) is 0 Å². The second kappa shape index (κ2) is 3.87. The zero-order valence-corrected chi connectivity index (χ0v) is 7.62. The number of ether oxygens (including phenoxy) is 1. The molecule has 0 spiro atoms. The molecule has 12 heavy (non-hydrogen) atoms. The summed E-state index contributed by atoms with van der Waals surface area (Å²) in [5.41, 5.74) is 5.56. The van der Waals surface area contributed by atoms with Crippen molar-refractivity contribution in [1.82, 2.24) is 4.90 Å². The van der Waals surface area contributed by atoms with Crippen LogP contribution in [0.1, 0.15) is 6.42 Å². The van der Waals surface area contributed by atoms with Crippen molar-refractivity contribution < 1.29 is 9.53 Å². The minimum atomic E-state index is 0.0758. The largest absolute Gasteiger partial charge is 0.383 e. The van der Waals surface area contributed by atoms with Crippen molar-refractivity contribution >= 4 is 5.91 Å². The van der Waals surface area contributed by atoms with Crippen LogP contribution in [0.25, 0.3) is 0 Å². The van der Waals surface area contributed by atoms with E-state index in [0.717, 1.165) is 6.42 Å². The number of hydrogen-bond donors (Lipinski definition) is 1. The standard InChI is InChI=1S/C8H16N2O2/c1-10(3-4-12-2)8(11)6-5-7(6)9/h6-7H,3-5,9H2,1-2H3. The number of nitrogens with zero attached hydrogens (tertiary/aromatic N) is 1. The zero-order valence-electron chi connectivity index (χ0n) is 7.62. The van der Waals surface area contributed by atoms with Gasteiger partial charge in [-0.05, 0) is 6.42 Å². The maximum atomic E-state index is 11.4. The molecule has 0 aromatic heterocycles. The van der Waals surface area contributed by atoms with Gasteiger partial charge in [-0.3, -0.25) is 4.79 Å². The van der Waals surface area contributed by atoms with Gasteiger partial charge in [0, 0.05) is 26.7 Å². The molecule has 2 atom stereocenters. The number of carbonyl (C=O) groups is 1. The van der Waals surface area contributed by atoms with E-state index in [1.165, 1.54) is 0 Å². The Morgan fingerprint density at radius 3 is 2.75 bits per heavy atom. The van der Waals surface area contributed by atoms with Gasteiger partial charge in [-0.15, -0.1) is 0 Å². The van der Waals surface area contributed by atoms with Crippen LogP contribution in [0.3, 0.4) is 0 Å². The van der Waals surface area contributed by atoms with Crippen LogP contribution in [0, 0.1) is 5.92 Å². The summed E-state index contributed by atoms with van der Waals surface area (Å²) in [6.45, 7) is 1.24. The SMILES string of the molecule is COCCN(C)C(=O)C1CC1N. The van der Waals surface area contributed by atoms with Gasteiger partial charge in [0.05, 0.1) is 12.5 Å². The summed E-state index contributed by atoms with van der Waals surface area (Å²) in [5, 5.41) is 0. The van der Waals surface area contributed by atoms with E-state index in [-0.39, 0.29) is 17.9 Å². The maximum absolute atomic E-state index is 11.4. The molecule has 0 heterocycles. The second-order valence-corrected chi connectivity index (χ2v) is 3.26. The molecular weight excluding hydrogens is 156 g/mol. The lowest BCUT2D eigenvalue weighted by Crippen LogP contribution is -2.32. The molecule has 1 aliphatic carbocycles. The molecule has 1 rings (SSSR count). The average Bonchev–Trinajstić information content (AvgIpc) is 2.77. The zero-order chi connectivity index (χ0) is 9.14. The first-order chi connectivity index (χ1) is 5.66. The lowest BCUT2D eigenvalue weighted by Gasteiger charge is -2.15. The summed E-state index contributed by atoms with van der Waals surface area (Å²) in [4.78, 5) is 13.1. The van der Waals surface area contributed by atoms with E-state index in [0.29, 0.717) is 13.2 Å². The molecule has 0 saturated heterocycles. The van der Waals surface area contributed by atoms with Crippen molar-refractivity contribution in [1.29, 1.82) is 0 Å². The lowest BCUT2D eigenvalue weighted by atomic mass is 10.3. The highest BCUT2D eigenvalue weighted by Crippen LogP contribution is 2.29. The third-order valence-corrected chi connectivity index (χ3v) is 2.16. The Hall–Kier alpha value is -0.610. The molecule has 0 aliphatic heterocycles. The van der Waals surface area contributed by atoms with Crippen LogP contribution in [0.4, 0.5) is 0 Å². The fourth-order valence-electron chi connectivity index (χ4n) is 1.12. The van der Waals surface area contributed by atoms with Crippen molar-refractivity contribution in [2.24, 2.45) is 11.7 Å². The van der Waals surface area contributed by atoms with E-state index in [1.54, 1.807) is 19.1 Å². The number of hydrogen-bond acceptors (Lipinski definition) is 3. The molecule has 0 radical (unpaired) electrons. The van der Waals surface area contributed by atoms with Crippen molar-refractivity contribution in [3.63, 3.8) is 0 Å². The normalized spacial score (nSPS) is 26.9. The van der Waals surface area contributed by atoms with Crippen LogP contribution in [0.2, 0.25) is 0 Å². The molecule has 1 fully saturated rings. The number of likely N-dealkylation sites (N-methyl/N-ethyl adjacent to an activating group) is 1. The monoisotopic (exact) mass is 172 g/mol. The predicted octanol–water partition coefficient (Wildman–Crippen LogP) is -0.562. The molecule has 2 N–H and O–H groups in total. The predicted molar refractivity (Wildman–Crippen MR) is 45.6 cm³/mol.